The van der Waals surface area contributed by atoms with Crippen molar-refractivity contribution in [2.75, 3.05) is 0 Å². The third-order valence-electron chi connectivity index (χ3n) is 3.63. The van der Waals surface area contributed by atoms with Crippen molar-refractivity contribution in [1.29, 1.82) is 0 Å². The lowest BCUT2D eigenvalue weighted by Crippen LogP contribution is -2.13. The van der Waals surface area contributed by atoms with Gasteiger partial charge in [0.05, 0.1) is 11.4 Å². The zero-order valence-electron chi connectivity index (χ0n) is 12.7. The molecule has 3 aromatic heterocycles. The monoisotopic (exact) mass is 331 g/mol. The predicted molar refractivity (Wildman–Crippen MR) is 97.9 cm³/mol. The summed E-state index contributed by atoms with van der Waals surface area (Å²) in [5, 5.41) is 1.97. The van der Waals surface area contributed by atoms with Gasteiger partial charge < -0.3 is 0 Å². The van der Waals surface area contributed by atoms with Gasteiger partial charge in [-0.05, 0) is 23.3 Å². The van der Waals surface area contributed by atoms with Gasteiger partial charge in [-0.3, -0.25) is 14.2 Å². The molecule has 1 aromatic carbocycles. The Morgan fingerprint density at radius 2 is 1.92 bits per heavy atom. The van der Waals surface area contributed by atoms with E-state index in [9.17, 15) is 4.79 Å². The van der Waals surface area contributed by atoms with Crippen molar-refractivity contribution >= 4 is 28.4 Å². The van der Waals surface area contributed by atoms with Crippen LogP contribution in [0.1, 0.15) is 11.3 Å². The van der Waals surface area contributed by atoms with Crippen LogP contribution in [0.25, 0.3) is 28.4 Å². The number of nitrogens with zero attached hydrogens (tertiary/aromatic N) is 3. The molecule has 0 fully saturated rings. The Morgan fingerprint density at radius 1 is 1.04 bits per heavy atom. The minimum absolute atomic E-state index is 0.0778. The minimum Gasteiger partial charge on any atom is -0.269 e. The molecule has 0 saturated heterocycles. The van der Waals surface area contributed by atoms with E-state index in [1.54, 1.807) is 22.9 Å². The van der Waals surface area contributed by atoms with Crippen molar-refractivity contribution in [3.05, 3.63) is 87.9 Å². The normalized spacial score (nSPS) is 11.3. The fraction of sp³-hybridized carbons (Fsp3) is 0. The van der Waals surface area contributed by atoms with Crippen LogP contribution in [0.5, 0.6) is 0 Å². The number of aromatic nitrogens is 3. The Labute approximate surface area is 142 Å². The lowest BCUT2D eigenvalue weighted by atomic mass is 10.2. The second-order valence-corrected chi connectivity index (χ2v) is 6.08. The first-order valence-electron chi connectivity index (χ1n) is 7.46. The molecule has 0 aliphatic carbocycles. The summed E-state index contributed by atoms with van der Waals surface area (Å²) >= 11 is 1.46. The lowest BCUT2D eigenvalue weighted by Gasteiger charge is -2.01. The van der Waals surface area contributed by atoms with Crippen LogP contribution in [0, 0.1) is 0 Å². The van der Waals surface area contributed by atoms with Crippen LogP contribution < -0.4 is 5.56 Å². The van der Waals surface area contributed by atoms with Crippen LogP contribution in [0.15, 0.2) is 71.1 Å². The first-order chi connectivity index (χ1) is 11.8. The van der Waals surface area contributed by atoms with Crippen LogP contribution >= 0.6 is 11.3 Å². The van der Waals surface area contributed by atoms with E-state index in [-0.39, 0.29) is 5.56 Å². The smallest absolute Gasteiger partial charge is 0.259 e. The van der Waals surface area contributed by atoms with Gasteiger partial charge in [0.15, 0.2) is 4.96 Å². The average molecular weight is 331 g/mol. The SMILES string of the molecule is O=c1cc(C=Cc2cccnc2)nc2scc(-c3ccccc3)n12. The summed E-state index contributed by atoms with van der Waals surface area (Å²) in [6.45, 7) is 0. The minimum atomic E-state index is -0.0778. The Balaban J connectivity index is 1.77. The largest absolute Gasteiger partial charge is 0.269 e. The van der Waals surface area contributed by atoms with Crippen molar-refractivity contribution < 1.29 is 0 Å². The third kappa shape index (κ3) is 2.77. The predicted octanol–water partition coefficient (Wildman–Crippen LogP) is 3.99. The molecule has 0 spiro atoms. The van der Waals surface area contributed by atoms with Gasteiger partial charge in [0.25, 0.3) is 5.56 Å². The molecule has 0 N–H and O–H groups in total. The van der Waals surface area contributed by atoms with Crippen molar-refractivity contribution in [1.82, 2.24) is 14.4 Å². The van der Waals surface area contributed by atoms with Gasteiger partial charge >= 0.3 is 0 Å². The van der Waals surface area contributed by atoms with Gasteiger partial charge in [-0.2, -0.15) is 0 Å². The molecule has 0 radical (unpaired) electrons. The first kappa shape index (κ1) is 14.5. The molecule has 24 heavy (non-hydrogen) atoms. The van der Waals surface area contributed by atoms with E-state index in [0.29, 0.717) is 10.7 Å². The van der Waals surface area contributed by atoms with Gasteiger partial charge in [-0.15, -0.1) is 11.3 Å². The Morgan fingerprint density at radius 3 is 2.71 bits per heavy atom. The number of pyridine rings is 1. The second-order valence-electron chi connectivity index (χ2n) is 5.24. The molecule has 0 bridgehead atoms. The maximum absolute atomic E-state index is 12.5. The molecule has 4 rings (SSSR count). The van der Waals surface area contributed by atoms with Gasteiger partial charge in [0, 0.05) is 23.8 Å². The van der Waals surface area contributed by atoms with Gasteiger partial charge in [-0.1, -0.05) is 42.5 Å². The number of hydrogen-bond acceptors (Lipinski definition) is 4. The molecule has 0 aliphatic rings. The molecule has 3 heterocycles. The van der Waals surface area contributed by atoms with E-state index in [1.165, 1.54) is 11.3 Å². The molecular weight excluding hydrogens is 318 g/mol. The summed E-state index contributed by atoms with van der Waals surface area (Å²) in [5.41, 5.74) is 3.41. The highest BCUT2D eigenvalue weighted by Gasteiger charge is 2.09. The number of rotatable bonds is 3. The number of hydrogen-bond donors (Lipinski definition) is 0. The van der Waals surface area contributed by atoms with Crippen molar-refractivity contribution in [3.63, 3.8) is 0 Å². The van der Waals surface area contributed by atoms with Crippen molar-refractivity contribution in [2.45, 2.75) is 0 Å². The molecule has 0 unspecified atom stereocenters. The van der Waals surface area contributed by atoms with E-state index in [0.717, 1.165) is 16.8 Å². The van der Waals surface area contributed by atoms with Gasteiger partial charge in [0.2, 0.25) is 0 Å². The van der Waals surface area contributed by atoms with Crippen LogP contribution in [0.2, 0.25) is 0 Å². The molecule has 4 nitrogen and oxygen atoms in total. The molecule has 5 heteroatoms. The maximum atomic E-state index is 12.5. The van der Waals surface area contributed by atoms with Crippen LogP contribution in [0.3, 0.4) is 0 Å². The van der Waals surface area contributed by atoms with E-state index < -0.39 is 0 Å². The van der Waals surface area contributed by atoms with Crippen LogP contribution in [0.4, 0.5) is 0 Å². The van der Waals surface area contributed by atoms with Crippen LogP contribution in [-0.2, 0) is 0 Å². The van der Waals surface area contributed by atoms with Crippen molar-refractivity contribution in [2.24, 2.45) is 0 Å². The summed E-state index contributed by atoms with van der Waals surface area (Å²) in [7, 11) is 0. The topological polar surface area (TPSA) is 47.3 Å². The Kier molecular flexibility index (Phi) is 3.76. The zero-order chi connectivity index (χ0) is 16.4. The van der Waals surface area contributed by atoms with E-state index >= 15 is 0 Å². The summed E-state index contributed by atoms with van der Waals surface area (Å²) in [5.74, 6) is 0. The summed E-state index contributed by atoms with van der Waals surface area (Å²) in [6, 6.07) is 15.2. The summed E-state index contributed by atoms with van der Waals surface area (Å²) in [6.07, 6.45) is 7.22. The van der Waals surface area contributed by atoms with Gasteiger partial charge in [-0.25, -0.2) is 4.98 Å². The Hall–Kier alpha value is -3.05. The number of fused-ring (bicyclic) bond motifs is 1. The van der Waals surface area contributed by atoms with E-state index in [1.807, 2.05) is 60.0 Å². The number of benzene rings is 1. The molecule has 0 amide bonds. The van der Waals surface area contributed by atoms with E-state index in [2.05, 4.69) is 9.97 Å². The standard InChI is InChI=1S/C19H13N3OS/c23-18-11-16(9-8-14-5-4-10-20-12-14)21-19-22(18)17(13-24-19)15-6-2-1-3-7-15/h1-13H. The third-order valence-corrected chi connectivity index (χ3v) is 4.45. The zero-order valence-corrected chi connectivity index (χ0v) is 13.5. The highest BCUT2D eigenvalue weighted by atomic mass is 32.1. The lowest BCUT2D eigenvalue weighted by molar-refractivity contribution is 1.08. The van der Waals surface area contributed by atoms with Gasteiger partial charge in [0.1, 0.15) is 0 Å². The van der Waals surface area contributed by atoms with Crippen molar-refractivity contribution in [3.8, 4) is 11.3 Å². The average Bonchev–Trinajstić information content (AvgIpc) is 3.06. The molecule has 4 aromatic rings. The highest BCUT2D eigenvalue weighted by molar-refractivity contribution is 7.15. The van der Waals surface area contributed by atoms with Crippen LogP contribution in [-0.4, -0.2) is 14.4 Å². The molecule has 0 atom stereocenters. The number of thiazole rings is 1. The van der Waals surface area contributed by atoms with E-state index in [4.69, 9.17) is 0 Å². The fourth-order valence-electron chi connectivity index (χ4n) is 2.49. The molecule has 116 valence electrons. The quantitative estimate of drug-likeness (QED) is 0.570. The first-order valence-corrected chi connectivity index (χ1v) is 8.34. The molecule has 0 saturated carbocycles. The highest BCUT2D eigenvalue weighted by Crippen LogP contribution is 2.23. The summed E-state index contributed by atoms with van der Waals surface area (Å²) < 4.78 is 1.65. The summed E-state index contributed by atoms with van der Waals surface area (Å²) in [4.78, 5) is 21.9. The Bertz CT molecular complexity index is 1070. The maximum Gasteiger partial charge on any atom is 0.259 e. The molecule has 0 aliphatic heterocycles. The second kappa shape index (κ2) is 6.22. The fourth-order valence-corrected chi connectivity index (χ4v) is 3.40. The molecular formula is C19H13N3OS.